The average molecular weight is 273 g/mol. The van der Waals surface area contributed by atoms with E-state index in [9.17, 15) is 14.4 Å². The van der Waals surface area contributed by atoms with Crippen molar-refractivity contribution >= 4 is 18.0 Å². The van der Waals surface area contributed by atoms with Gasteiger partial charge < -0.3 is 25.3 Å². The van der Waals surface area contributed by atoms with E-state index in [0.29, 0.717) is 19.6 Å². The summed E-state index contributed by atoms with van der Waals surface area (Å²) >= 11 is 0. The van der Waals surface area contributed by atoms with Crippen LogP contribution < -0.4 is 5.32 Å². The quantitative estimate of drug-likeness (QED) is 0.622. The third kappa shape index (κ3) is 4.40. The number of hydrogen-bond donors (Lipinski definition) is 3. The Bertz CT molecular complexity index is 373. The summed E-state index contributed by atoms with van der Waals surface area (Å²) in [5.74, 6) is -2.61. The van der Waals surface area contributed by atoms with Gasteiger partial charge in [0.25, 0.3) is 0 Å². The molecule has 1 aliphatic heterocycles. The molecule has 3 N–H and O–H groups in total. The van der Waals surface area contributed by atoms with Gasteiger partial charge in [-0.2, -0.15) is 0 Å². The smallest absolute Gasteiger partial charge is 0.326 e. The molecule has 2 amide bonds. The summed E-state index contributed by atoms with van der Waals surface area (Å²) in [6, 6.07) is -1.98. The van der Waals surface area contributed by atoms with Crippen molar-refractivity contribution in [1.82, 2.24) is 15.1 Å². The SMILES string of the molecule is CC1CN(C)CCN1C(=O)N[C@@H](CC(=O)O)C(=O)O. The number of aliphatic carboxylic acids is 2. The first-order valence-electron chi connectivity index (χ1n) is 6.01. The molecule has 2 atom stereocenters. The molecular formula is C11H19N3O5. The van der Waals surface area contributed by atoms with E-state index >= 15 is 0 Å². The fraction of sp³-hybridized carbons (Fsp3) is 0.727. The van der Waals surface area contributed by atoms with Crippen LogP contribution in [0, 0.1) is 0 Å². The molecule has 0 aromatic carbocycles. The summed E-state index contributed by atoms with van der Waals surface area (Å²) in [6.07, 6.45) is -0.636. The maximum Gasteiger partial charge on any atom is 0.326 e. The summed E-state index contributed by atoms with van der Waals surface area (Å²) in [5.41, 5.74) is 0. The van der Waals surface area contributed by atoms with Gasteiger partial charge in [0.2, 0.25) is 0 Å². The van der Waals surface area contributed by atoms with Gasteiger partial charge in [0.1, 0.15) is 6.04 Å². The summed E-state index contributed by atoms with van der Waals surface area (Å²) in [5, 5.41) is 19.7. The topological polar surface area (TPSA) is 110 Å². The van der Waals surface area contributed by atoms with Crippen LogP contribution in [0.3, 0.4) is 0 Å². The molecule has 1 saturated heterocycles. The number of carboxylic acid groups (broad SMARTS) is 2. The van der Waals surface area contributed by atoms with Gasteiger partial charge >= 0.3 is 18.0 Å². The van der Waals surface area contributed by atoms with Gasteiger partial charge in [0, 0.05) is 25.7 Å². The van der Waals surface area contributed by atoms with Crippen LogP contribution in [0.1, 0.15) is 13.3 Å². The third-order valence-corrected chi connectivity index (χ3v) is 3.07. The lowest BCUT2D eigenvalue weighted by molar-refractivity contribution is -0.145. The van der Waals surface area contributed by atoms with Gasteiger partial charge in [-0.05, 0) is 14.0 Å². The van der Waals surface area contributed by atoms with Crippen molar-refractivity contribution in [3.8, 4) is 0 Å². The van der Waals surface area contributed by atoms with E-state index in [1.807, 2.05) is 14.0 Å². The lowest BCUT2D eigenvalue weighted by Gasteiger charge is -2.38. The van der Waals surface area contributed by atoms with Crippen LogP contribution in [0.25, 0.3) is 0 Å². The Morgan fingerprint density at radius 2 is 1.95 bits per heavy atom. The molecule has 0 spiro atoms. The molecule has 108 valence electrons. The number of nitrogens with one attached hydrogen (secondary N) is 1. The first-order chi connectivity index (χ1) is 8.81. The van der Waals surface area contributed by atoms with Crippen LogP contribution >= 0.6 is 0 Å². The van der Waals surface area contributed by atoms with Gasteiger partial charge in [-0.1, -0.05) is 0 Å². The highest BCUT2D eigenvalue weighted by Crippen LogP contribution is 2.08. The number of rotatable bonds is 4. The minimum atomic E-state index is -1.41. The van der Waals surface area contributed by atoms with E-state index in [4.69, 9.17) is 10.2 Å². The number of urea groups is 1. The second-order valence-corrected chi connectivity index (χ2v) is 4.74. The fourth-order valence-corrected chi connectivity index (χ4v) is 2.05. The van der Waals surface area contributed by atoms with Crippen LogP contribution in [0.4, 0.5) is 4.79 Å². The minimum absolute atomic E-state index is 0.0435. The number of hydrogen-bond acceptors (Lipinski definition) is 4. The summed E-state index contributed by atoms with van der Waals surface area (Å²) in [4.78, 5) is 37.0. The van der Waals surface area contributed by atoms with E-state index < -0.39 is 30.4 Å². The van der Waals surface area contributed by atoms with Crippen molar-refractivity contribution in [2.75, 3.05) is 26.7 Å². The second kappa shape index (κ2) is 6.37. The van der Waals surface area contributed by atoms with E-state index in [-0.39, 0.29) is 6.04 Å². The summed E-state index contributed by atoms with van der Waals surface area (Å²) < 4.78 is 0. The Balaban J connectivity index is 2.61. The zero-order valence-electron chi connectivity index (χ0n) is 11.0. The van der Waals surface area contributed by atoms with E-state index in [0.717, 1.165) is 0 Å². The predicted octanol–water partition coefficient (Wildman–Crippen LogP) is -0.740. The number of amides is 2. The molecule has 0 aromatic heterocycles. The third-order valence-electron chi connectivity index (χ3n) is 3.07. The number of nitrogens with zero attached hydrogens (tertiary/aromatic N) is 2. The monoisotopic (exact) mass is 273 g/mol. The molecule has 1 aliphatic rings. The normalized spacial score (nSPS) is 21.8. The predicted molar refractivity (Wildman–Crippen MR) is 65.9 cm³/mol. The second-order valence-electron chi connectivity index (χ2n) is 4.74. The van der Waals surface area contributed by atoms with Crippen molar-refractivity contribution in [3.63, 3.8) is 0 Å². The molecule has 8 heteroatoms. The largest absolute Gasteiger partial charge is 0.481 e. The van der Waals surface area contributed by atoms with Crippen LogP contribution in [-0.4, -0.2) is 76.7 Å². The number of likely N-dealkylation sites (N-methyl/N-ethyl adjacent to an activating group) is 1. The van der Waals surface area contributed by atoms with Crippen molar-refractivity contribution in [1.29, 1.82) is 0 Å². The van der Waals surface area contributed by atoms with Crippen LogP contribution in [0.2, 0.25) is 0 Å². The van der Waals surface area contributed by atoms with Crippen molar-refractivity contribution in [2.45, 2.75) is 25.4 Å². The summed E-state index contributed by atoms with van der Waals surface area (Å²) in [7, 11) is 1.94. The number of carbonyl (C=O) groups excluding carboxylic acids is 1. The standard InChI is InChI=1S/C11H19N3O5/c1-7-6-13(2)3-4-14(7)11(19)12-8(10(17)18)5-9(15)16/h7-8H,3-6H2,1-2H3,(H,12,19)(H,15,16)(H,17,18)/t7?,8-/m0/s1. The van der Waals surface area contributed by atoms with Crippen LogP contribution in [0.15, 0.2) is 0 Å². The maximum atomic E-state index is 12.0. The Kier molecular flexibility index (Phi) is 5.11. The molecule has 0 aromatic rings. The zero-order chi connectivity index (χ0) is 14.6. The molecular weight excluding hydrogens is 254 g/mol. The van der Waals surface area contributed by atoms with Crippen molar-refractivity contribution in [3.05, 3.63) is 0 Å². The van der Waals surface area contributed by atoms with E-state index in [1.54, 1.807) is 0 Å². The van der Waals surface area contributed by atoms with Gasteiger partial charge in [-0.15, -0.1) is 0 Å². The molecule has 1 heterocycles. The van der Waals surface area contributed by atoms with Crippen molar-refractivity contribution in [2.24, 2.45) is 0 Å². The van der Waals surface area contributed by atoms with Gasteiger partial charge in [0.15, 0.2) is 0 Å². The highest BCUT2D eigenvalue weighted by Gasteiger charge is 2.30. The molecule has 0 saturated carbocycles. The first kappa shape index (κ1) is 15.2. The molecule has 1 unspecified atom stereocenters. The molecule has 19 heavy (non-hydrogen) atoms. The Labute approximate surface area is 111 Å². The Hall–Kier alpha value is -1.83. The van der Waals surface area contributed by atoms with E-state index in [2.05, 4.69) is 10.2 Å². The lowest BCUT2D eigenvalue weighted by atomic mass is 10.2. The van der Waals surface area contributed by atoms with Crippen LogP contribution in [-0.2, 0) is 9.59 Å². The minimum Gasteiger partial charge on any atom is -0.481 e. The lowest BCUT2D eigenvalue weighted by Crippen LogP contribution is -2.58. The van der Waals surface area contributed by atoms with E-state index in [1.165, 1.54) is 4.90 Å². The van der Waals surface area contributed by atoms with Gasteiger partial charge in [-0.3, -0.25) is 4.79 Å². The number of carboxylic acids is 2. The highest BCUT2D eigenvalue weighted by atomic mass is 16.4. The number of piperazine rings is 1. The molecule has 1 fully saturated rings. The molecule has 0 bridgehead atoms. The average Bonchev–Trinajstić information content (AvgIpc) is 2.26. The fourth-order valence-electron chi connectivity index (χ4n) is 2.05. The molecule has 0 aliphatic carbocycles. The highest BCUT2D eigenvalue weighted by molar-refractivity contribution is 5.86. The zero-order valence-corrected chi connectivity index (χ0v) is 11.0. The van der Waals surface area contributed by atoms with Crippen molar-refractivity contribution < 1.29 is 24.6 Å². The Morgan fingerprint density at radius 3 is 2.42 bits per heavy atom. The maximum absolute atomic E-state index is 12.0. The van der Waals surface area contributed by atoms with Crippen LogP contribution in [0.5, 0.6) is 0 Å². The summed E-state index contributed by atoms with van der Waals surface area (Å²) in [6.45, 7) is 3.75. The molecule has 0 radical (unpaired) electrons. The molecule has 8 nitrogen and oxygen atoms in total. The number of carbonyl (C=O) groups is 3. The van der Waals surface area contributed by atoms with Gasteiger partial charge in [-0.25, -0.2) is 9.59 Å². The Morgan fingerprint density at radius 1 is 1.32 bits per heavy atom. The first-order valence-corrected chi connectivity index (χ1v) is 6.01. The molecule has 1 rings (SSSR count). The van der Waals surface area contributed by atoms with Gasteiger partial charge in [0.05, 0.1) is 6.42 Å².